The van der Waals surface area contributed by atoms with E-state index in [0.717, 1.165) is 48.5 Å². The molecule has 2 aromatic carbocycles. The van der Waals surface area contributed by atoms with Crippen molar-refractivity contribution in [3.05, 3.63) is 88.6 Å². The maximum atomic E-state index is 14.6. The lowest BCUT2D eigenvalue weighted by Crippen LogP contribution is -2.33. The number of nitrogens with zero attached hydrogens (tertiary/aromatic N) is 5. The summed E-state index contributed by atoms with van der Waals surface area (Å²) in [6.45, 7) is 3.45. The first kappa shape index (κ1) is 30.1. The van der Waals surface area contributed by atoms with Gasteiger partial charge in [0, 0.05) is 56.6 Å². The summed E-state index contributed by atoms with van der Waals surface area (Å²) in [5.41, 5.74) is 3.38. The summed E-state index contributed by atoms with van der Waals surface area (Å²) < 4.78 is 27.8. The molecule has 11 heteroatoms. The predicted octanol–water partition coefficient (Wildman–Crippen LogP) is 4.58. The number of hydrogen-bond donors (Lipinski definition) is 1. The fraction of sp³-hybridized carbons (Fsp3) is 0.375. The number of fused-ring (bicyclic) bond motifs is 1. The summed E-state index contributed by atoms with van der Waals surface area (Å²) in [6, 6.07) is 15.1. The van der Waals surface area contributed by atoms with Crippen molar-refractivity contribution < 1.29 is 28.6 Å². The third-order valence-corrected chi connectivity index (χ3v) is 7.79. The van der Waals surface area contributed by atoms with Crippen LogP contribution in [-0.2, 0) is 24.4 Å². The Bertz CT molecular complexity index is 1610. The van der Waals surface area contributed by atoms with Gasteiger partial charge in [-0.05, 0) is 62.3 Å². The van der Waals surface area contributed by atoms with Gasteiger partial charge in [0.2, 0.25) is 5.88 Å². The number of benzene rings is 2. The second-order valence-electron chi connectivity index (χ2n) is 10.9. The number of imidazole rings is 1. The summed E-state index contributed by atoms with van der Waals surface area (Å²) in [6.07, 6.45) is 1.82. The molecule has 3 heterocycles. The molecular formula is C32H36FN5O5. The normalized spacial score (nSPS) is 14.2. The molecule has 0 unspecified atom stereocenters. The minimum Gasteiger partial charge on any atom is -0.478 e. The minimum absolute atomic E-state index is 0.00912. The number of likely N-dealkylation sites (tertiary alicyclic amines) is 1. The Morgan fingerprint density at radius 2 is 1.81 bits per heavy atom. The monoisotopic (exact) mass is 589 g/mol. The Morgan fingerprint density at radius 1 is 1.05 bits per heavy atom. The second-order valence-corrected chi connectivity index (χ2v) is 10.9. The van der Waals surface area contributed by atoms with Gasteiger partial charge < -0.3 is 24.0 Å². The lowest BCUT2D eigenvalue weighted by molar-refractivity contribution is 0.0696. The van der Waals surface area contributed by atoms with Crippen molar-refractivity contribution in [2.75, 3.05) is 40.9 Å². The van der Waals surface area contributed by atoms with E-state index in [2.05, 4.69) is 9.47 Å². The number of rotatable bonds is 11. The Balaban J connectivity index is 1.20. The van der Waals surface area contributed by atoms with Crippen LogP contribution in [0.5, 0.6) is 5.88 Å². The lowest BCUT2D eigenvalue weighted by Gasteiger charge is -2.31. The summed E-state index contributed by atoms with van der Waals surface area (Å²) >= 11 is 0. The van der Waals surface area contributed by atoms with E-state index < -0.39 is 11.8 Å². The summed E-state index contributed by atoms with van der Waals surface area (Å²) in [7, 11) is 4.90. The average molecular weight is 590 g/mol. The molecule has 5 rings (SSSR count). The number of hydrogen-bond acceptors (Lipinski definition) is 7. The number of carbonyl (C=O) groups is 2. The average Bonchev–Trinajstić information content (AvgIpc) is 3.35. The second kappa shape index (κ2) is 13.3. The number of methoxy groups -OCH3 is 1. The standard InChI is InChI=1S/C32H36FN5O5/c1-36(2)31(39)22-7-8-24(25(33)17-22)20-43-30-6-4-5-26(35-30)21-11-13-37(14-12-21)19-29-34-27-10-9-23(32(40)41)18-28(27)38(29)15-16-42-3/h4-10,17-18,21H,11-16,19-20H2,1-3H3,(H,40,41). The van der Waals surface area contributed by atoms with Crippen LogP contribution in [0.4, 0.5) is 4.39 Å². The molecule has 1 amide bonds. The summed E-state index contributed by atoms with van der Waals surface area (Å²) in [5, 5.41) is 9.45. The van der Waals surface area contributed by atoms with Gasteiger partial charge >= 0.3 is 5.97 Å². The van der Waals surface area contributed by atoms with E-state index in [0.29, 0.717) is 31.1 Å². The first-order valence-corrected chi connectivity index (χ1v) is 14.3. The third kappa shape index (κ3) is 7.00. The fourth-order valence-corrected chi connectivity index (χ4v) is 5.39. The maximum absolute atomic E-state index is 14.6. The number of carbonyl (C=O) groups excluding carboxylic acids is 1. The SMILES string of the molecule is COCCn1c(CN2CCC(c3cccc(OCc4ccc(C(=O)N(C)C)cc4F)n3)CC2)nc2ccc(C(=O)O)cc21. The van der Waals surface area contributed by atoms with Crippen molar-refractivity contribution >= 4 is 22.9 Å². The molecule has 0 atom stereocenters. The van der Waals surface area contributed by atoms with Crippen molar-refractivity contribution in [3.63, 3.8) is 0 Å². The molecule has 1 saturated heterocycles. The van der Waals surface area contributed by atoms with Crippen LogP contribution < -0.4 is 4.74 Å². The highest BCUT2D eigenvalue weighted by atomic mass is 19.1. The fourth-order valence-electron chi connectivity index (χ4n) is 5.39. The van der Waals surface area contributed by atoms with Crippen molar-refractivity contribution in [2.45, 2.75) is 38.5 Å². The number of carboxylic acids is 1. The molecule has 1 N–H and O–H groups in total. The molecule has 10 nitrogen and oxygen atoms in total. The zero-order valence-electron chi connectivity index (χ0n) is 24.6. The Labute approximate surface area is 249 Å². The van der Waals surface area contributed by atoms with E-state index >= 15 is 0 Å². The highest BCUT2D eigenvalue weighted by Gasteiger charge is 2.24. The summed E-state index contributed by atoms with van der Waals surface area (Å²) in [5.74, 6) is -0.140. The van der Waals surface area contributed by atoms with Gasteiger partial charge in [-0.2, -0.15) is 0 Å². The van der Waals surface area contributed by atoms with E-state index in [1.807, 2.05) is 12.1 Å². The first-order chi connectivity index (χ1) is 20.7. The van der Waals surface area contributed by atoms with E-state index in [4.69, 9.17) is 19.4 Å². The topological polar surface area (TPSA) is 110 Å². The molecule has 226 valence electrons. The molecule has 1 aliphatic rings. The Kier molecular flexibility index (Phi) is 9.32. The molecular weight excluding hydrogens is 553 g/mol. The molecule has 2 aromatic heterocycles. The van der Waals surface area contributed by atoms with E-state index in [1.165, 1.54) is 11.0 Å². The predicted molar refractivity (Wildman–Crippen MR) is 159 cm³/mol. The van der Waals surface area contributed by atoms with Crippen LogP contribution >= 0.6 is 0 Å². The van der Waals surface area contributed by atoms with Gasteiger partial charge in [0.05, 0.1) is 29.7 Å². The molecule has 4 aromatic rings. The van der Waals surface area contributed by atoms with E-state index in [1.54, 1.807) is 57.6 Å². The first-order valence-electron chi connectivity index (χ1n) is 14.3. The van der Waals surface area contributed by atoms with Crippen LogP contribution in [0, 0.1) is 5.82 Å². The van der Waals surface area contributed by atoms with Crippen LogP contribution in [0.25, 0.3) is 11.0 Å². The Hall–Kier alpha value is -4.35. The molecule has 1 aliphatic heterocycles. The largest absolute Gasteiger partial charge is 0.478 e. The van der Waals surface area contributed by atoms with Gasteiger partial charge in [0.1, 0.15) is 18.2 Å². The maximum Gasteiger partial charge on any atom is 0.335 e. The highest BCUT2D eigenvalue weighted by Crippen LogP contribution is 2.29. The van der Waals surface area contributed by atoms with Crippen molar-refractivity contribution in [1.82, 2.24) is 24.3 Å². The molecule has 1 fully saturated rings. The molecule has 0 radical (unpaired) electrons. The van der Waals surface area contributed by atoms with Gasteiger partial charge in [-0.1, -0.05) is 12.1 Å². The number of aromatic nitrogens is 3. The number of amides is 1. The number of piperidine rings is 1. The smallest absolute Gasteiger partial charge is 0.335 e. The number of aromatic carboxylic acids is 1. The number of ether oxygens (including phenoxy) is 2. The van der Waals surface area contributed by atoms with Crippen LogP contribution in [0.1, 0.15) is 56.6 Å². The molecule has 43 heavy (non-hydrogen) atoms. The molecule has 0 spiro atoms. The summed E-state index contributed by atoms with van der Waals surface area (Å²) in [4.78, 5) is 36.9. The highest BCUT2D eigenvalue weighted by molar-refractivity contribution is 5.94. The van der Waals surface area contributed by atoms with Gasteiger partial charge in [-0.25, -0.2) is 19.2 Å². The van der Waals surface area contributed by atoms with Gasteiger partial charge in [-0.15, -0.1) is 0 Å². The van der Waals surface area contributed by atoms with Crippen LogP contribution in [-0.4, -0.2) is 82.2 Å². The van der Waals surface area contributed by atoms with E-state index in [-0.39, 0.29) is 29.6 Å². The minimum atomic E-state index is -0.966. The quantitative estimate of drug-likeness (QED) is 0.271. The van der Waals surface area contributed by atoms with Crippen molar-refractivity contribution in [2.24, 2.45) is 0 Å². The molecule has 0 saturated carbocycles. The molecule has 0 aliphatic carbocycles. The zero-order chi connectivity index (χ0) is 30.5. The van der Waals surface area contributed by atoms with Gasteiger partial charge in [0.15, 0.2) is 0 Å². The van der Waals surface area contributed by atoms with Crippen LogP contribution in [0.15, 0.2) is 54.6 Å². The van der Waals surface area contributed by atoms with Gasteiger partial charge in [0.25, 0.3) is 5.91 Å². The van der Waals surface area contributed by atoms with Crippen molar-refractivity contribution in [3.8, 4) is 5.88 Å². The van der Waals surface area contributed by atoms with Crippen LogP contribution in [0.3, 0.4) is 0 Å². The lowest BCUT2D eigenvalue weighted by atomic mass is 9.93. The third-order valence-electron chi connectivity index (χ3n) is 7.79. The van der Waals surface area contributed by atoms with Crippen molar-refractivity contribution in [1.29, 1.82) is 0 Å². The number of carboxylic acid groups (broad SMARTS) is 1. The molecule has 0 bridgehead atoms. The van der Waals surface area contributed by atoms with Gasteiger partial charge in [-0.3, -0.25) is 9.69 Å². The van der Waals surface area contributed by atoms with E-state index in [9.17, 15) is 19.1 Å². The van der Waals surface area contributed by atoms with Crippen LogP contribution in [0.2, 0.25) is 0 Å². The Morgan fingerprint density at radius 3 is 2.51 bits per heavy atom. The zero-order valence-corrected chi connectivity index (χ0v) is 24.6. The number of pyridine rings is 1. The number of halogens is 1.